The Balaban J connectivity index is 1.96. The van der Waals surface area contributed by atoms with Gasteiger partial charge in [-0.05, 0) is 47.0 Å². The van der Waals surface area contributed by atoms with E-state index in [9.17, 15) is 4.79 Å². The van der Waals surface area contributed by atoms with Crippen LogP contribution in [0.15, 0.2) is 22.7 Å². The Morgan fingerprint density at radius 2 is 1.79 bits per heavy atom. The Morgan fingerprint density at radius 1 is 1.16 bits per heavy atom. The summed E-state index contributed by atoms with van der Waals surface area (Å²) in [5.74, 6) is 0.00581. The maximum atomic E-state index is 12.2. The number of hydrogen-bond donors (Lipinski definition) is 2. The fourth-order valence-corrected chi connectivity index (χ4v) is 2.92. The summed E-state index contributed by atoms with van der Waals surface area (Å²) in [6.07, 6.45) is 8.56. The molecule has 0 saturated heterocycles. The van der Waals surface area contributed by atoms with Crippen LogP contribution in [-0.2, 0) is 0 Å². The number of carbonyl (C=O) groups is 1. The highest BCUT2D eigenvalue weighted by atomic mass is 79.9. The molecule has 0 radical (unpaired) electrons. The van der Waals surface area contributed by atoms with E-state index in [4.69, 9.17) is 5.73 Å². The van der Waals surface area contributed by atoms with Gasteiger partial charge in [-0.25, -0.2) is 0 Å². The van der Waals surface area contributed by atoms with Gasteiger partial charge in [-0.1, -0.05) is 32.1 Å². The highest BCUT2D eigenvalue weighted by Gasteiger charge is 2.15. The van der Waals surface area contributed by atoms with Gasteiger partial charge in [-0.2, -0.15) is 0 Å². The van der Waals surface area contributed by atoms with E-state index < -0.39 is 0 Å². The molecule has 0 spiro atoms. The molecular weight excluding hydrogens is 304 g/mol. The average Bonchev–Trinajstić information content (AvgIpc) is 2.35. The van der Waals surface area contributed by atoms with Gasteiger partial charge in [0.2, 0.25) is 0 Å². The topological polar surface area (TPSA) is 55.1 Å². The molecule has 0 unspecified atom stereocenters. The van der Waals surface area contributed by atoms with Crippen molar-refractivity contribution in [1.82, 2.24) is 5.32 Å². The second-order valence-corrected chi connectivity index (χ2v) is 6.11. The van der Waals surface area contributed by atoms with Crippen molar-refractivity contribution in [2.75, 3.05) is 5.73 Å². The molecule has 1 amide bonds. The molecule has 1 saturated carbocycles. The van der Waals surface area contributed by atoms with Crippen molar-refractivity contribution >= 4 is 27.5 Å². The van der Waals surface area contributed by atoms with E-state index in [1.165, 1.54) is 32.1 Å². The Labute approximate surface area is 123 Å². The lowest BCUT2D eigenvalue weighted by Crippen LogP contribution is -2.35. The molecule has 0 atom stereocenters. The third-order valence-corrected chi connectivity index (χ3v) is 4.39. The molecule has 3 nitrogen and oxygen atoms in total. The number of carbonyl (C=O) groups excluding carboxylic acids is 1. The molecule has 1 aromatic rings. The summed E-state index contributed by atoms with van der Waals surface area (Å²) >= 11 is 3.36. The minimum Gasteiger partial charge on any atom is -0.398 e. The average molecular weight is 325 g/mol. The van der Waals surface area contributed by atoms with E-state index in [1.807, 2.05) is 0 Å². The van der Waals surface area contributed by atoms with Crippen LogP contribution < -0.4 is 11.1 Å². The minimum absolute atomic E-state index is 0.00581. The zero-order valence-corrected chi connectivity index (χ0v) is 12.7. The van der Waals surface area contributed by atoms with Gasteiger partial charge in [0.1, 0.15) is 0 Å². The van der Waals surface area contributed by atoms with Crippen LogP contribution in [0.5, 0.6) is 0 Å². The number of nitrogen functional groups attached to an aromatic ring is 1. The lowest BCUT2D eigenvalue weighted by atomic mass is 9.96. The van der Waals surface area contributed by atoms with Crippen LogP contribution >= 0.6 is 15.9 Å². The van der Waals surface area contributed by atoms with E-state index in [0.29, 0.717) is 17.3 Å². The van der Waals surface area contributed by atoms with Crippen molar-refractivity contribution in [2.45, 2.75) is 51.0 Å². The number of hydrogen-bond acceptors (Lipinski definition) is 2. The highest BCUT2D eigenvalue weighted by Crippen LogP contribution is 2.21. The Hall–Kier alpha value is -1.03. The summed E-state index contributed by atoms with van der Waals surface area (Å²) in [5.41, 5.74) is 7.06. The number of nitrogens with two attached hydrogens (primary N) is 1. The Morgan fingerprint density at radius 3 is 2.42 bits per heavy atom. The third-order valence-electron chi connectivity index (χ3n) is 3.70. The highest BCUT2D eigenvalue weighted by molar-refractivity contribution is 9.10. The van der Waals surface area contributed by atoms with Gasteiger partial charge in [-0.3, -0.25) is 4.79 Å². The van der Waals surface area contributed by atoms with Crippen molar-refractivity contribution in [2.24, 2.45) is 0 Å². The SMILES string of the molecule is Nc1ccc(C(=O)NC2CCCCCCC2)cc1Br. The summed E-state index contributed by atoms with van der Waals surface area (Å²) in [7, 11) is 0. The van der Waals surface area contributed by atoms with E-state index >= 15 is 0 Å². The molecule has 1 aliphatic rings. The van der Waals surface area contributed by atoms with Crippen molar-refractivity contribution in [3.63, 3.8) is 0 Å². The lowest BCUT2D eigenvalue weighted by Gasteiger charge is -2.21. The number of nitrogens with one attached hydrogen (secondary N) is 1. The van der Waals surface area contributed by atoms with Crippen LogP contribution in [0.2, 0.25) is 0 Å². The maximum absolute atomic E-state index is 12.2. The molecule has 0 heterocycles. The first-order chi connectivity index (χ1) is 9.16. The van der Waals surface area contributed by atoms with Gasteiger partial charge in [0.15, 0.2) is 0 Å². The fourth-order valence-electron chi connectivity index (χ4n) is 2.54. The monoisotopic (exact) mass is 324 g/mol. The molecule has 3 N–H and O–H groups in total. The van der Waals surface area contributed by atoms with E-state index in [0.717, 1.165) is 17.3 Å². The largest absolute Gasteiger partial charge is 0.398 e. The summed E-state index contributed by atoms with van der Waals surface area (Å²) in [6.45, 7) is 0. The first-order valence-electron chi connectivity index (χ1n) is 7.02. The second-order valence-electron chi connectivity index (χ2n) is 5.25. The van der Waals surface area contributed by atoms with Crippen LogP contribution in [0.4, 0.5) is 5.69 Å². The van der Waals surface area contributed by atoms with Crippen LogP contribution in [0.1, 0.15) is 55.3 Å². The number of benzene rings is 1. The molecule has 1 aliphatic carbocycles. The predicted molar refractivity (Wildman–Crippen MR) is 82.1 cm³/mol. The number of rotatable bonds is 2. The Kier molecular flexibility index (Phi) is 5.25. The van der Waals surface area contributed by atoms with Crippen LogP contribution in [0.3, 0.4) is 0 Å². The predicted octanol–water partition coefficient (Wildman–Crippen LogP) is 3.87. The molecule has 1 fully saturated rings. The minimum atomic E-state index is 0.00581. The van der Waals surface area contributed by atoms with Crippen molar-refractivity contribution < 1.29 is 4.79 Å². The zero-order valence-electron chi connectivity index (χ0n) is 11.1. The van der Waals surface area contributed by atoms with E-state index in [2.05, 4.69) is 21.2 Å². The maximum Gasteiger partial charge on any atom is 0.251 e. The van der Waals surface area contributed by atoms with Gasteiger partial charge in [-0.15, -0.1) is 0 Å². The molecule has 4 heteroatoms. The van der Waals surface area contributed by atoms with E-state index in [1.54, 1.807) is 18.2 Å². The summed E-state index contributed by atoms with van der Waals surface area (Å²) < 4.78 is 0.776. The summed E-state index contributed by atoms with van der Waals surface area (Å²) in [4.78, 5) is 12.2. The standard InChI is InChI=1S/C15H21BrN2O/c16-13-10-11(8-9-14(13)17)15(19)18-12-6-4-2-1-3-5-7-12/h8-10,12H,1-7,17H2,(H,18,19). The molecular formula is C15H21BrN2O. The molecule has 2 rings (SSSR count). The quantitative estimate of drug-likeness (QED) is 0.811. The Bertz CT molecular complexity index is 440. The smallest absolute Gasteiger partial charge is 0.251 e. The molecule has 0 aromatic heterocycles. The first-order valence-corrected chi connectivity index (χ1v) is 7.82. The normalized spacial score (nSPS) is 17.5. The summed E-state index contributed by atoms with van der Waals surface area (Å²) in [6, 6.07) is 5.65. The molecule has 1 aromatic carbocycles. The van der Waals surface area contributed by atoms with Gasteiger partial charge >= 0.3 is 0 Å². The summed E-state index contributed by atoms with van der Waals surface area (Å²) in [5, 5.41) is 3.15. The molecule has 0 aliphatic heterocycles. The van der Waals surface area contributed by atoms with Crippen molar-refractivity contribution in [3.05, 3.63) is 28.2 Å². The van der Waals surface area contributed by atoms with Crippen LogP contribution in [0.25, 0.3) is 0 Å². The fraction of sp³-hybridized carbons (Fsp3) is 0.533. The molecule has 104 valence electrons. The second kappa shape index (κ2) is 6.94. The molecule has 19 heavy (non-hydrogen) atoms. The van der Waals surface area contributed by atoms with Gasteiger partial charge < -0.3 is 11.1 Å². The number of amides is 1. The number of halogens is 1. The van der Waals surface area contributed by atoms with Crippen molar-refractivity contribution in [3.8, 4) is 0 Å². The van der Waals surface area contributed by atoms with Gasteiger partial charge in [0.05, 0.1) is 0 Å². The van der Waals surface area contributed by atoms with Gasteiger partial charge in [0.25, 0.3) is 5.91 Å². The third kappa shape index (κ3) is 4.23. The zero-order chi connectivity index (χ0) is 13.7. The van der Waals surface area contributed by atoms with E-state index in [-0.39, 0.29) is 5.91 Å². The first kappa shape index (κ1) is 14.4. The van der Waals surface area contributed by atoms with Gasteiger partial charge in [0, 0.05) is 21.8 Å². The number of anilines is 1. The molecule has 0 bridgehead atoms. The van der Waals surface area contributed by atoms with Crippen LogP contribution in [-0.4, -0.2) is 11.9 Å². The van der Waals surface area contributed by atoms with Crippen molar-refractivity contribution in [1.29, 1.82) is 0 Å². The van der Waals surface area contributed by atoms with Crippen LogP contribution in [0, 0.1) is 0 Å². The lowest BCUT2D eigenvalue weighted by molar-refractivity contribution is 0.0930.